The van der Waals surface area contributed by atoms with Gasteiger partial charge in [0.2, 0.25) is 5.91 Å². The minimum Gasteiger partial charge on any atom is -0.497 e. The largest absolute Gasteiger partial charge is 0.497 e. The first-order chi connectivity index (χ1) is 25.7. The highest BCUT2D eigenvalue weighted by Gasteiger charge is 2.23. The molecule has 8 aromatic rings. The molecule has 4 heterocycles. The molecule has 15 heteroatoms. The van der Waals surface area contributed by atoms with Crippen LogP contribution >= 0.6 is 11.6 Å². The van der Waals surface area contributed by atoms with Gasteiger partial charge in [-0.2, -0.15) is 0 Å². The number of nitrogens with two attached hydrogens (primary N) is 1. The summed E-state index contributed by atoms with van der Waals surface area (Å²) in [6.45, 7) is 7.12. The zero-order valence-electron chi connectivity index (χ0n) is 29.6. The summed E-state index contributed by atoms with van der Waals surface area (Å²) < 4.78 is 71.1. The molecule has 0 unspecified atom stereocenters. The van der Waals surface area contributed by atoms with E-state index in [0.717, 1.165) is 17.3 Å². The van der Waals surface area contributed by atoms with Gasteiger partial charge in [0.1, 0.15) is 45.8 Å². The van der Waals surface area contributed by atoms with Crippen LogP contribution in [0.2, 0.25) is 5.02 Å². The molecule has 8 rings (SSSR count). The molecule has 0 aliphatic rings. The van der Waals surface area contributed by atoms with Gasteiger partial charge in [0, 0.05) is 35.4 Å². The zero-order chi connectivity index (χ0) is 38.7. The van der Waals surface area contributed by atoms with Crippen LogP contribution in [0.15, 0.2) is 60.7 Å². The number of carbonyl (C=O) groups is 1. The summed E-state index contributed by atoms with van der Waals surface area (Å²) in [6, 6.07) is 13.7. The Morgan fingerprint density at radius 2 is 1.11 bits per heavy atom. The summed E-state index contributed by atoms with van der Waals surface area (Å²) in [5.74, 6) is -1.40. The molecule has 274 valence electrons. The Morgan fingerprint density at radius 3 is 1.57 bits per heavy atom. The molecule has 0 fully saturated rings. The third-order valence-corrected chi connectivity index (χ3v) is 9.31. The second-order valence-electron chi connectivity index (χ2n) is 12.4. The van der Waals surface area contributed by atoms with E-state index in [1.165, 1.54) is 50.6 Å². The minimum atomic E-state index is -0.686. The number of ether oxygens (including phenoxy) is 2. The van der Waals surface area contributed by atoms with Crippen LogP contribution in [-0.4, -0.2) is 48.9 Å². The maximum Gasteiger partial charge on any atom is 0.248 e. The van der Waals surface area contributed by atoms with Crippen LogP contribution in [0.4, 0.5) is 17.6 Å². The van der Waals surface area contributed by atoms with Crippen molar-refractivity contribution < 1.29 is 31.8 Å². The lowest BCUT2D eigenvalue weighted by molar-refractivity contribution is 0.1000. The fourth-order valence-electron chi connectivity index (χ4n) is 6.62. The molecule has 0 atom stereocenters. The van der Waals surface area contributed by atoms with E-state index in [4.69, 9.17) is 26.8 Å². The number of primary amides is 1. The number of aryl methyl sites for hydroxylation is 4. The molecule has 0 aliphatic heterocycles. The number of amides is 1. The van der Waals surface area contributed by atoms with Crippen molar-refractivity contribution in [3.05, 3.63) is 117 Å². The minimum absolute atomic E-state index is 0.0783. The molecule has 0 spiro atoms. The van der Waals surface area contributed by atoms with Crippen molar-refractivity contribution in [1.29, 1.82) is 0 Å². The van der Waals surface area contributed by atoms with Crippen LogP contribution in [0.1, 0.15) is 33.1 Å². The topological polar surface area (TPSA) is 122 Å². The van der Waals surface area contributed by atoms with E-state index in [1.807, 2.05) is 6.92 Å². The Kier molecular flexibility index (Phi) is 9.09. The molecule has 54 heavy (non-hydrogen) atoms. The van der Waals surface area contributed by atoms with Gasteiger partial charge in [-0.15, -0.1) is 0 Å². The normalized spacial score (nSPS) is 11.4. The van der Waals surface area contributed by atoms with Gasteiger partial charge in [-0.3, -0.25) is 13.6 Å². The van der Waals surface area contributed by atoms with Gasteiger partial charge in [-0.25, -0.2) is 37.5 Å². The van der Waals surface area contributed by atoms with Gasteiger partial charge >= 0.3 is 0 Å². The highest BCUT2D eigenvalue weighted by Crippen LogP contribution is 2.35. The van der Waals surface area contributed by atoms with Gasteiger partial charge < -0.3 is 15.2 Å². The summed E-state index contributed by atoms with van der Waals surface area (Å²) >= 11 is 6.25. The Bertz CT molecular complexity index is 2860. The van der Waals surface area contributed by atoms with E-state index in [9.17, 15) is 22.4 Å². The standard InChI is InChI=1S/C20H16F2N4O2.C19H14ClF2N3O/c1-9-18-10(2)25-20(13-6-11(19(23)27)4-5-14(13)21)26(18)16-8-12(28-3)7-15(22)17(16)24-9;1-9-18-10(2)24-19(13-5-4-11(21)6-14(13)20)25(18)16-8-12(26-3)7-15(22)17(16)23-9/h4-8H,1-3H3,(H2,23,27);4-8H,1-3H3. The fourth-order valence-corrected chi connectivity index (χ4v) is 6.87. The number of rotatable bonds is 5. The zero-order valence-corrected chi connectivity index (χ0v) is 30.4. The van der Waals surface area contributed by atoms with Crippen molar-refractivity contribution in [2.45, 2.75) is 27.7 Å². The molecule has 4 aromatic heterocycles. The number of carbonyl (C=O) groups excluding carboxylic acids is 1. The monoisotopic (exact) mass is 755 g/mol. The molecule has 0 saturated carbocycles. The van der Waals surface area contributed by atoms with Gasteiger partial charge in [0.25, 0.3) is 0 Å². The summed E-state index contributed by atoms with van der Waals surface area (Å²) in [5.41, 5.74) is 11.1. The first-order valence-corrected chi connectivity index (χ1v) is 16.7. The third kappa shape index (κ3) is 5.97. The smallest absolute Gasteiger partial charge is 0.248 e. The maximum absolute atomic E-state index is 14.7. The highest BCUT2D eigenvalue weighted by atomic mass is 35.5. The quantitative estimate of drug-likeness (QED) is 0.175. The van der Waals surface area contributed by atoms with Crippen molar-refractivity contribution >= 4 is 50.6 Å². The maximum atomic E-state index is 14.7. The summed E-state index contributed by atoms with van der Waals surface area (Å²) in [4.78, 5) is 29.4. The average molecular weight is 756 g/mol. The van der Waals surface area contributed by atoms with Crippen LogP contribution in [-0.2, 0) is 0 Å². The Balaban J connectivity index is 0.000000167. The van der Waals surface area contributed by atoms with Gasteiger partial charge in [-0.1, -0.05) is 11.6 Å². The second kappa shape index (κ2) is 13.6. The van der Waals surface area contributed by atoms with Crippen LogP contribution in [0.25, 0.3) is 55.9 Å². The first-order valence-electron chi connectivity index (χ1n) is 16.3. The van der Waals surface area contributed by atoms with Crippen LogP contribution in [0.5, 0.6) is 11.5 Å². The molecular weight excluding hydrogens is 726 g/mol. The van der Waals surface area contributed by atoms with Crippen molar-refractivity contribution in [3.8, 4) is 34.3 Å². The number of fused-ring (bicyclic) bond motifs is 6. The van der Waals surface area contributed by atoms with E-state index < -0.39 is 29.2 Å². The Morgan fingerprint density at radius 1 is 0.630 bits per heavy atom. The molecule has 2 N–H and O–H groups in total. The highest BCUT2D eigenvalue weighted by molar-refractivity contribution is 6.33. The van der Waals surface area contributed by atoms with E-state index in [0.29, 0.717) is 56.5 Å². The number of halogens is 5. The number of methoxy groups -OCH3 is 2. The van der Waals surface area contributed by atoms with Crippen molar-refractivity contribution in [2.75, 3.05) is 14.2 Å². The average Bonchev–Trinajstić information content (AvgIpc) is 3.67. The molecule has 0 aliphatic carbocycles. The van der Waals surface area contributed by atoms with Gasteiger partial charge in [0.05, 0.1) is 69.6 Å². The summed E-state index contributed by atoms with van der Waals surface area (Å²) in [6.07, 6.45) is 0. The SMILES string of the molecule is COc1cc(F)c2nc(C)c3c(C)nc(-c4cc(C(N)=O)ccc4F)n3c2c1.COc1cc(F)c2nc(C)c3c(C)nc(-c4ccc(F)cc4Cl)n3c2c1. The lowest BCUT2D eigenvalue weighted by atomic mass is 10.1. The molecule has 0 radical (unpaired) electrons. The predicted octanol–water partition coefficient (Wildman–Crippen LogP) is 8.66. The number of benzene rings is 4. The second-order valence-corrected chi connectivity index (χ2v) is 12.8. The van der Waals surface area contributed by atoms with E-state index in [1.54, 1.807) is 47.8 Å². The number of nitrogens with zero attached hydrogens (tertiary/aromatic N) is 6. The van der Waals surface area contributed by atoms with Crippen molar-refractivity contribution in [2.24, 2.45) is 5.73 Å². The van der Waals surface area contributed by atoms with Crippen molar-refractivity contribution in [1.82, 2.24) is 28.7 Å². The van der Waals surface area contributed by atoms with Gasteiger partial charge in [-0.05, 0) is 64.1 Å². The Labute approximate surface area is 309 Å². The molecule has 0 bridgehead atoms. The van der Waals surface area contributed by atoms with Gasteiger partial charge in [0.15, 0.2) is 11.6 Å². The van der Waals surface area contributed by atoms with E-state index in [2.05, 4.69) is 19.9 Å². The lowest BCUT2D eigenvalue weighted by Gasteiger charge is -2.11. The van der Waals surface area contributed by atoms with E-state index >= 15 is 0 Å². The van der Waals surface area contributed by atoms with E-state index in [-0.39, 0.29) is 33.0 Å². The molecular formula is C39H30ClF4N7O3. The van der Waals surface area contributed by atoms with Crippen molar-refractivity contribution in [3.63, 3.8) is 0 Å². The number of hydrogen-bond donors (Lipinski definition) is 1. The Hall–Kier alpha value is -6.28. The molecule has 1 amide bonds. The molecule has 0 saturated heterocycles. The van der Waals surface area contributed by atoms with Crippen LogP contribution in [0, 0.1) is 51.0 Å². The fraction of sp³-hybridized carbons (Fsp3) is 0.154. The number of hydrogen-bond acceptors (Lipinski definition) is 7. The van der Waals surface area contributed by atoms with Crippen LogP contribution in [0.3, 0.4) is 0 Å². The molecule has 4 aromatic carbocycles. The third-order valence-electron chi connectivity index (χ3n) is 9.00. The molecule has 10 nitrogen and oxygen atoms in total. The number of aromatic nitrogens is 6. The lowest BCUT2D eigenvalue weighted by Crippen LogP contribution is -2.11. The van der Waals surface area contributed by atoms with Crippen LogP contribution < -0.4 is 15.2 Å². The predicted molar refractivity (Wildman–Crippen MR) is 197 cm³/mol. The summed E-state index contributed by atoms with van der Waals surface area (Å²) in [5, 5.41) is 0.225. The number of imidazole rings is 2. The summed E-state index contributed by atoms with van der Waals surface area (Å²) in [7, 11) is 2.89. The first kappa shape index (κ1) is 36.1.